The summed E-state index contributed by atoms with van der Waals surface area (Å²) in [6, 6.07) is 5.69. The maximum atomic E-state index is 11.1. The molecule has 3 heteroatoms. The average molecular weight is 269 g/mol. The average Bonchev–Trinajstić information content (AvgIpc) is 2.18. The quantitative estimate of drug-likeness (QED) is 0.785. The number of benzene rings is 1. The Morgan fingerprint density at radius 2 is 2.07 bits per heavy atom. The van der Waals surface area contributed by atoms with E-state index in [4.69, 9.17) is 4.74 Å². The van der Waals surface area contributed by atoms with Crippen LogP contribution in [-0.2, 0) is 4.79 Å². The Kier molecular flexibility index (Phi) is 4.09. The summed E-state index contributed by atoms with van der Waals surface area (Å²) < 4.78 is 6.17. The fraction of sp³-hybridized carbons (Fsp3) is 0.250. The van der Waals surface area contributed by atoms with Crippen molar-refractivity contribution >= 4 is 27.8 Å². The Labute approximate surface area is 98.1 Å². The lowest BCUT2D eigenvalue weighted by atomic mass is 10.1. The molecule has 0 bridgehead atoms. The van der Waals surface area contributed by atoms with E-state index in [1.807, 2.05) is 24.3 Å². The zero-order chi connectivity index (χ0) is 11.4. The largest absolute Gasteiger partial charge is 0.496 e. The Morgan fingerprint density at radius 1 is 1.40 bits per heavy atom. The third kappa shape index (κ3) is 3.20. The van der Waals surface area contributed by atoms with Gasteiger partial charge < -0.3 is 4.74 Å². The number of carbonyl (C=O) groups excluding carboxylic acids is 1. The lowest BCUT2D eigenvalue weighted by molar-refractivity contribution is -0.113. The van der Waals surface area contributed by atoms with Crippen LogP contribution < -0.4 is 4.74 Å². The smallest absolute Gasteiger partial charge is 0.155 e. The molecular weight excluding hydrogens is 256 g/mol. The summed E-state index contributed by atoms with van der Waals surface area (Å²) in [5.74, 6) is 0.829. The van der Waals surface area contributed by atoms with E-state index in [-0.39, 0.29) is 5.78 Å². The summed E-state index contributed by atoms with van der Waals surface area (Å²) in [4.78, 5) is 11.1. The first-order chi connectivity index (χ1) is 7.04. The Morgan fingerprint density at radius 3 is 2.60 bits per heavy atom. The standard InChI is InChI=1S/C12H13BrO2/c1-8(9(2)14)6-10-7-11(13)4-5-12(10)15-3/h4-7H,1-3H3/b8-6-. The van der Waals surface area contributed by atoms with Crippen molar-refractivity contribution in [1.29, 1.82) is 0 Å². The number of ether oxygens (including phenoxy) is 1. The van der Waals surface area contributed by atoms with Crippen LogP contribution in [0.4, 0.5) is 0 Å². The number of methoxy groups -OCH3 is 1. The maximum Gasteiger partial charge on any atom is 0.155 e. The van der Waals surface area contributed by atoms with Crippen LogP contribution in [0.1, 0.15) is 19.4 Å². The molecule has 2 nitrogen and oxygen atoms in total. The molecule has 0 aliphatic heterocycles. The first-order valence-corrected chi connectivity index (χ1v) is 5.36. The predicted molar refractivity (Wildman–Crippen MR) is 65.0 cm³/mol. The van der Waals surface area contributed by atoms with E-state index in [2.05, 4.69) is 15.9 Å². The highest BCUT2D eigenvalue weighted by Gasteiger charge is 2.03. The molecule has 0 amide bonds. The van der Waals surface area contributed by atoms with Crippen LogP contribution in [0.5, 0.6) is 5.75 Å². The van der Waals surface area contributed by atoms with Crippen LogP contribution in [0.25, 0.3) is 6.08 Å². The molecule has 0 unspecified atom stereocenters. The molecule has 0 atom stereocenters. The van der Waals surface area contributed by atoms with Crippen LogP contribution in [0.2, 0.25) is 0 Å². The second-order valence-electron chi connectivity index (χ2n) is 3.27. The monoisotopic (exact) mass is 268 g/mol. The van der Waals surface area contributed by atoms with Gasteiger partial charge in [-0.2, -0.15) is 0 Å². The molecule has 0 saturated heterocycles. The number of rotatable bonds is 3. The minimum Gasteiger partial charge on any atom is -0.496 e. The Hall–Kier alpha value is -1.09. The summed E-state index contributed by atoms with van der Waals surface area (Å²) >= 11 is 3.38. The van der Waals surface area contributed by atoms with Gasteiger partial charge in [-0.1, -0.05) is 15.9 Å². The van der Waals surface area contributed by atoms with Crippen molar-refractivity contribution in [1.82, 2.24) is 0 Å². The maximum absolute atomic E-state index is 11.1. The molecule has 1 rings (SSSR count). The van der Waals surface area contributed by atoms with Crippen LogP contribution in [0, 0.1) is 0 Å². The third-order valence-electron chi connectivity index (χ3n) is 2.12. The predicted octanol–water partition coefficient (Wildman–Crippen LogP) is 3.45. The molecular formula is C12H13BrO2. The van der Waals surface area contributed by atoms with Crippen molar-refractivity contribution in [3.05, 3.63) is 33.8 Å². The molecule has 0 N–H and O–H groups in total. The fourth-order valence-electron chi connectivity index (χ4n) is 1.15. The molecule has 0 fully saturated rings. The van der Waals surface area contributed by atoms with Gasteiger partial charge >= 0.3 is 0 Å². The van der Waals surface area contributed by atoms with Gasteiger partial charge in [-0.15, -0.1) is 0 Å². The Bertz CT molecular complexity index is 408. The fourth-order valence-corrected chi connectivity index (χ4v) is 1.53. The number of allylic oxidation sites excluding steroid dienone is 1. The molecule has 0 spiro atoms. The Balaban J connectivity index is 3.18. The van der Waals surface area contributed by atoms with Crippen molar-refractivity contribution in [3.8, 4) is 5.75 Å². The lowest BCUT2D eigenvalue weighted by Gasteiger charge is -2.05. The van der Waals surface area contributed by atoms with Gasteiger partial charge in [-0.05, 0) is 43.7 Å². The van der Waals surface area contributed by atoms with E-state index in [9.17, 15) is 4.79 Å². The summed E-state index contributed by atoms with van der Waals surface area (Å²) in [7, 11) is 1.61. The van der Waals surface area contributed by atoms with E-state index in [1.165, 1.54) is 0 Å². The molecule has 0 aliphatic rings. The minimum absolute atomic E-state index is 0.0667. The summed E-state index contributed by atoms with van der Waals surface area (Å²) in [6.07, 6.45) is 1.83. The first-order valence-electron chi connectivity index (χ1n) is 4.57. The normalized spacial score (nSPS) is 11.3. The summed E-state index contributed by atoms with van der Waals surface area (Å²) in [6.45, 7) is 3.35. The van der Waals surface area contributed by atoms with Crippen molar-refractivity contribution in [3.63, 3.8) is 0 Å². The number of carbonyl (C=O) groups is 1. The van der Waals surface area contributed by atoms with Crippen LogP contribution in [0.15, 0.2) is 28.2 Å². The van der Waals surface area contributed by atoms with Gasteiger partial charge in [-0.25, -0.2) is 0 Å². The van der Waals surface area contributed by atoms with Crippen molar-refractivity contribution in [2.24, 2.45) is 0 Å². The number of ketones is 1. The molecule has 1 aromatic rings. The van der Waals surface area contributed by atoms with Crippen molar-refractivity contribution < 1.29 is 9.53 Å². The number of Topliss-reactive ketones (excluding diaryl/α,β-unsaturated/α-hetero) is 1. The van der Waals surface area contributed by atoms with Gasteiger partial charge in [0.1, 0.15) is 5.75 Å². The summed E-state index contributed by atoms with van der Waals surface area (Å²) in [5, 5.41) is 0. The molecule has 0 heterocycles. The van der Waals surface area contributed by atoms with Gasteiger partial charge in [0, 0.05) is 10.0 Å². The molecule has 80 valence electrons. The molecule has 0 aliphatic carbocycles. The molecule has 1 aromatic carbocycles. The second-order valence-corrected chi connectivity index (χ2v) is 4.19. The van der Waals surface area contributed by atoms with E-state index in [0.717, 1.165) is 15.8 Å². The number of hydrogen-bond donors (Lipinski definition) is 0. The van der Waals surface area contributed by atoms with Crippen LogP contribution >= 0.6 is 15.9 Å². The third-order valence-corrected chi connectivity index (χ3v) is 2.61. The van der Waals surface area contributed by atoms with Gasteiger partial charge in [0.15, 0.2) is 5.78 Å². The zero-order valence-corrected chi connectivity index (χ0v) is 10.6. The second kappa shape index (κ2) is 5.12. The minimum atomic E-state index is 0.0667. The highest BCUT2D eigenvalue weighted by molar-refractivity contribution is 9.10. The highest BCUT2D eigenvalue weighted by atomic mass is 79.9. The van der Waals surface area contributed by atoms with E-state index >= 15 is 0 Å². The first kappa shape index (κ1) is 12.0. The molecule has 15 heavy (non-hydrogen) atoms. The van der Waals surface area contributed by atoms with Gasteiger partial charge in [0.2, 0.25) is 0 Å². The molecule has 0 saturated carbocycles. The van der Waals surface area contributed by atoms with E-state index in [0.29, 0.717) is 5.57 Å². The number of hydrogen-bond acceptors (Lipinski definition) is 2. The number of halogens is 1. The van der Waals surface area contributed by atoms with E-state index in [1.54, 1.807) is 21.0 Å². The SMILES string of the molecule is COc1ccc(Br)cc1/C=C(/C)C(C)=O. The van der Waals surface area contributed by atoms with Crippen molar-refractivity contribution in [2.75, 3.05) is 7.11 Å². The summed E-state index contributed by atoms with van der Waals surface area (Å²) in [5.41, 5.74) is 1.62. The van der Waals surface area contributed by atoms with Crippen molar-refractivity contribution in [2.45, 2.75) is 13.8 Å². The lowest BCUT2D eigenvalue weighted by Crippen LogP contribution is -1.92. The van der Waals surface area contributed by atoms with E-state index < -0.39 is 0 Å². The molecule has 0 aromatic heterocycles. The molecule has 0 radical (unpaired) electrons. The topological polar surface area (TPSA) is 26.3 Å². The van der Waals surface area contributed by atoms with Crippen LogP contribution in [0.3, 0.4) is 0 Å². The van der Waals surface area contributed by atoms with Gasteiger partial charge in [0.25, 0.3) is 0 Å². The van der Waals surface area contributed by atoms with Gasteiger partial charge in [0.05, 0.1) is 7.11 Å². The van der Waals surface area contributed by atoms with Crippen LogP contribution in [-0.4, -0.2) is 12.9 Å². The highest BCUT2D eigenvalue weighted by Crippen LogP contribution is 2.25. The zero-order valence-electron chi connectivity index (χ0n) is 9.00. The van der Waals surface area contributed by atoms with Gasteiger partial charge in [-0.3, -0.25) is 4.79 Å².